The SMILES string of the molecule is CC(CO)N(C)C(=O)CN(C)S(=O)(=O)c1cccs1. The molecule has 8 heteroatoms. The molecule has 6 nitrogen and oxygen atoms in total. The zero-order valence-corrected chi connectivity index (χ0v) is 12.7. The lowest BCUT2D eigenvalue weighted by atomic mass is 10.3. The lowest BCUT2D eigenvalue weighted by molar-refractivity contribution is -0.132. The molecule has 0 bridgehead atoms. The number of nitrogens with zero attached hydrogens (tertiary/aromatic N) is 2. The molecule has 1 rings (SSSR count). The average Bonchev–Trinajstić information content (AvgIpc) is 2.91. The summed E-state index contributed by atoms with van der Waals surface area (Å²) in [6, 6.07) is 2.80. The number of rotatable bonds is 6. The predicted octanol–water partition coefficient (Wildman–Crippen LogP) is 0.208. The molecule has 19 heavy (non-hydrogen) atoms. The Bertz CT molecular complexity index is 513. The van der Waals surface area contributed by atoms with Gasteiger partial charge >= 0.3 is 0 Å². The molecule has 108 valence electrons. The van der Waals surface area contributed by atoms with E-state index in [0.29, 0.717) is 0 Å². The largest absolute Gasteiger partial charge is 0.394 e. The predicted molar refractivity (Wildman–Crippen MR) is 73.5 cm³/mol. The highest BCUT2D eigenvalue weighted by molar-refractivity contribution is 7.91. The lowest BCUT2D eigenvalue weighted by Crippen LogP contribution is -2.44. The summed E-state index contributed by atoms with van der Waals surface area (Å²) >= 11 is 1.11. The van der Waals surface area contributed by atoms with Crippen molar-refractivity contribution in [2.45, 2.75) is 17.2 Å². The zero-order valence-electron chi connectivity index (χ0n) is 11.1. The summed E-state index contributed by atoms with van der Waals surface area (Å²) in [5.41, 5.74) is 0. The van der Waals surface area contributed by atoms with Crippen LogP contribution in [-0.4, -0.2) is 61.9 Å². The first-order chi connectivity index (χ1) is 8.80. The molecule has 1 amide bonds. The molecule has 1 aromatic heterocycles. The van der Waals surface area contributed by atoms with Gasteiger partial charge in [-0.05, 0) is 18.4 Å². The van der Waals surface area contributed by atoms with E-state index in [1.807, 2.05) is 0 Å². The molecule has 0 aliphatic heterocycles. The number of sulfonamides is 1. The Labute approximate surface area is 117 Å². The molecule has 0 saturated carbocycles. The van der Waals surface area contributed by atoms with E-state index in [2.05, 4.69) is 0 Å². The van der Waals surface area contributed by atoms with Gasteiger partial charge in [0.25, 0.3) is 10.0 Å². The van der Waals surface area contributed by atoms with Crippen LogP contribution in [0.3, 0.4) is 0 Å². The summed E-state index contributed by atoms with van der Waals surface area (Å²) in [5, 5.41) is 10.6. The minimum Gasteiger partial charge on any atom is -0.394 e. The second kappa shape index (κ2) is 6.47. The van der Waals surface area contributed by atoms with Gasteiger partial charge in [0.15, 0.2) is 0 Å². The van der Waals surface area contributed by atoms with Gasteiger partial charge in [0.05, 0.1) is 19.2 Å². The smallest absolute Gasteiger partial charge is 0.252 e. The van der Waals surface area contributed by atoms with Gasteiger partial charge in [0.2, 0.25) is 5.91 Å². The highest BCUT2D eigenvalue weighted by Crippen LogP contribution is 2.19. The van der Waals surface area contributed by atoms with Crippen LogP contribution in [0.4, 0.5) is 0 Å². The Morgan fingerprint density at radius 2 is 2.11 bits per heavy atom. The molecule has 1 unspecified atom stereocenters. The monoisotopic (exact) mass is 306 g/mol. The third-order valence-corrected chi connectivity index (χ3v) is 6.01. The first-order valence-electron chi connectivity index (χ1n) is 5.67. The first-order valence-corrected chi connectivity index (χ1v) is 7.99. The number of aliphatic hydroxyl groups excluding tert-OH is 1. The molecule has 1 heterocycles. The summed E-state index contributed by atoms with van der Waals surface area (Å²) in [7, 11) is -0.713. The fourth-order valence-corrected chi connectivity index (χ4v) is 3.64. The number of carbonyl (C=O) groups is 1. The van der Waals surface area contributed by atoms with Gasteiger partial charge in [-0.1, -0.05) is 6.07 Å². The third-order valence-electron chi connectivity index (χ3n) is 2.84. The molecule has 0 fully saturated rings. The standard InChI is InChI=1S/C11H18N2O4S2/c1-9(8-14)13(3)10(15)7-12(2)19(16,17)11-5-4-6-18-11/h4-6,9,14H,7-8H2,1-3H3. The molecule has 0 spiro atoms. The van der Waals surface area contributed by atoms with E-state index < -0.39 is 10.0 Å². The minimum atomic E-state index is -3.61. The Morgan fingerprint density at radius 1 is 1.47 bits per heavy atom. The topological polar surface area (TPSA) is 77.9 Å². The van der Waals surface area contributed by atoms with Gasteiger partial charge in [0.1, 0.15) is 4.21 Å². The quantitative estimate of drug-likeness (QED) is 0.815. The summed E-state index contributed by atoms with van der Waals surface area (Å²) in [5.74, 6) is -0.357. The van der Waals surface area contributed by atoms with Gasteiger partial charge in [0, 0.05) is 14.1 Å². The Morgan fingerprint density at radius 3 is 2.58 bits per heavy atom. The van der Waals surface area contributed by atoms with E-state index in [1.165, 1.54) is 25.1 Å². The van der Waals surface area contributed by atoms with E-state index in [4.69, 9.17) is 5.11 Å². The van der Waals surface area contributed by atoms with Crippen molar-refractivity contribution in [1.29, 1.82) is 0 Å². The van der Waals surface area contributed by atoms with Crippen molar-refractivity contribution in [3.05, 3.63) is 17.5 Å². The second-order valence-corrected chi connectivity index (χ2v) is 7.45. The normalized spacial score (nSPS) is 13.5. The summed E-state index contributed by atoms with van der Waals surface area (Å²) in [6.07, 6.45) is 0. The van der Waals surface area contributed by atoms with Crippen molar-refractivity contribution in [3.8, 4) is 0 Å². The maximum absolute atomic E-state index is 12.1. The van der Waals surface area contributed by atoms with Crippen LogP contribution < -0.4 is 0 Å². The fraction of sp³-hybridized carbons (Fsp3) is 0.545. The average molecular weight is 306 g/mol. The van der Waals surface area contributed by atoms with Crippen LogP contribution in [0.25, 0.3) is 0 Å². The Balaban J connectivity index is 2.75. The highest BCUT2D eigenvalue weighted by Gasteiger charge is 2.26. The van der Waals surface area contributed by atoms with Crippen molar-refractivity contribution >= 4 is 27.3 Å². The minimum absolute atomic E-state index is 0.163. The number of carbonyl (C=O) groups excluding carboxylic acids is 1. The van der Waals surface area contributed by atoms with Crippen LogP contribution in [0.15, 0.2) is 21.7 Å². The van der Waals surface area contributed by atoms with Gasteiger partial charge in [-0.3, -0.25) is 4.79 Å². The van der Waals surface area contributed by atoms with Crippen molar-refractivity contribution in [2.75, 3.05) is 27.2 Å². The van der Waals surface area contributed by atoms with Gasteiger partial charge < -0.3 is 10.0 Å². The molecular weight excluding hydrogens is 288 g/mol. The summed E-state index contributed by atoms with van der Waals surface area (Å²) in [6.45, 7) is 1.27. The molecule has 1 aromatic rings. The number of hydrogen-bond donors (Lipinski definition) is 1. The number of likely N-dealkylation sites (N-methyl/N-ethyl adjacent to an activating group) is 2. The van der Waals surface area contributed by atoms with Crippen LogP contribution in [0.2, 0.25) is 0 Å². The number of amides is 1. The fourth-order valence-electron chi connectivity index (χ4n) is 1.32. The van der Waals surface area contributed by atoms with E-state index in [0.717, 1.165) is 15.6 Å². The van der Waals surface area contributed by atoms with Crippen LogP contribution in [0, 0.1) is 0 Å². The molecule has 1 N–H and O–H groups in total. The third kappa shape index (κ3) is 3.75. The molecule has 1 atom stereocenters. The number of hydrogen-bond acceptors (Lipinski definition) is 5. The van der Waals surface area contributed by atoms with Crippen molar-refractivity contribution in [2.24, 2.45) is 0 Å². The molecule has 0 saturated heterocycles. The maximum atomic E-state index is 12.1. The Hall–Kier alpha value is -0.960. The van der Waals surface area contributed by atoms with Crippen molar-refractivity contribution in [3.63, 3.8) is 0 Å². The van der Waals surface area contributed by atoms with Crippen LogP contribution >= 0.6 is 11.3 Å². The van der Waals surface area contributed by atoms with Crippen LogP contribution in [0.5, 0.6) is 0 Å². The molecule has 0 aliphatic rings. The molecule has 0 aliphatic carbocycles. The van der Waals surface area contributed by atoms with E-state index in [-0.39, 0.29) is 29.3 Å². The number of aliphatic hydroxyl groups is 1. The van der Waals surface area contributed by atoms with Crippen LogP contribution in [-0.2, 0) is 14.8 Å². The van der Waals surface area contributed by atoms with Crippen LogP contribution in [0.1, 0.15) is 6.92 Å². The van der Waals surface area contributed by atoms with Gasteiger partial charge in [-0.15, -0.1) is 11.3 Å². The lowest BCUT2D eigenvalue weighted by Gasteiger charge is -2.25. The van der Waals surface area contributed by atoms with E-state index in [1.54, 1.807) is 18.4 Å². The van der Waals surface area contributed by atoms with Crippen molar-refractivity contribution < 1.29 is 18.3 Å². The first kappa shape index (κ1) is 16.1. The summed E-state index contributed by atoms with van der Waals surface area (Å²) < 4.78 is 25.4. The van der Waals surface area contributed by atoms with Gasteiger partial charge in [-0.2, -0.15) is 4.31 Å². The van der Waals surface area contributed by atoms with E-state index in [9.17, 15) is 13.2 Å². The zero-order chi connectivity index (χ0) is 14.6. The Kier molecular flexibility index (Phi) is 5.48. The number of thiophene rings is 1. The van der Waals surface area contributed by atoms with Gasteiger partial charge in [-0.25, -0.2) is 8.42 Å². The molecular formula is C11H18N2O4S2. The summed E-state index contributed by atoms with van der Waals surface area (Å²) in [4.78, 5) is 13.2. The molecule has 0 radical (unpaired) electrons. The second-order valence-electron chi connectivity index (χ2n) is 4.23. The maximum Gasteiger partial charge on any atom is 0.252 e. The molecule has 0 aromatic carbocycles. The highest BCUT2D eigenvalue weighted by atomic mass is 32.2. The van der Waals surface area contributed by atoms with E-state index >= 15 is 0 Å². The van der Waals surface area contributed by atoms with Crippen molar-refractivity contribution in [1.82, 2.24) is 9.21 Å².